The topological polar surface area (TPSA) is 90.9 Å². The summed E-state index contributed by atoms with van der Waals surface area (Å²) in [5.41, 5.74) is -0.944. The van der Waals surface area contributed by atoms with Crippen molar-refractivity contribution >= 4 is 0 Å². The van der Waals surface area contributed by atoms with Gasteiger partial charge in [0.2, 0.25) is 11.5 Å². The van der Waals surface area contributed by atoms with Gasteiger partial charge in [-0.05, 0) is 0 Å². The van der Waals surface area contributed by atoms with Crippen LogP contribution in [0.15, 0.2) is 15.5 Å². The van der Waals surface area contributed by atoms with Crippen molar-refractivity contribution in [3.05, 3.63) is 22.2 Å². The van der Waals surface area contributed by atoms with E-state index >= 15 is 0 Å². The SMILES string of the molecule is O=c1c(O)coc(CO)c1O. The molecule has 0 atom stereocenters. The van der Waals surface area contributed by atoms with Gasteiger partial charge < -0.3 is 19.7 Å². The summed E-state index contributed by atoms with van der Waals surface area (Å²) in [4.78, 5) is 10.7. The maximum atomic E-state index is 10.7. The molecule has 0 saturated heterocycles. The first-order chi connectivity index (χ1) is 5.16. The lowest BCUT2D eigenvalue weighted by Gasteiger charge is -1.97. The molecule has 0 aliphatic heterocycles. The highest BCUT2D eigenvalue weighted by Gasteiger charge is 2.09. The van der Waals surface area contributed by atoms with E-state index in [-0.39, 0.29) is 5.76 Å². The van der Waals surface area contributed by atoms with Crippen molar-refractivity contribution < 1.29 is 19.7 Å². The van der Waals surface area contributed by atoms with E-state index in [1.807, 2.05) is 0 Å². The Hall–Kier alpha value is -1.49. The number of aliphatic hydroxyl groups excluding tert-OH is 1. The molecule has 1 aromatic rings. The highest BCUT2D eigenvalue weighted by molar-refractivity contribution is 5.29. The molecule has 0 amide bonds. The fourth-order valence-corrected chi connectivity index (χ4v) is 0.596. The molecular weight excluding hydrogens is 152 g/mol. The van der Waals surface area contributed by atoms with Crippen LogP contribution in [0.5, 0.6) is 11.5 Å². The van der Waals surface area contributed by atoms with Crippen LogP contribution < -0.4 is 5.43 Å². The third-order valence-corrected chi connectivity index (χ3v) is 1.17. The maximum absolute atomic E-state index is 10.7. The van der Waals surface area contributed by atoms with Gasteiger partial charge in [-0.3, -0.25) is 4.79 Å². The Morgan fingerprint density at radius 2 is 2.09 bits per heavy atom. The number of aliphatic hydroxyl groups is 1. The fourth-order valence-electron chi connectivity index (χ4n) is 0.596. The second kappa shape index (κ2) is 2.63. The first-order valence-corrected chi connectivity index (χ1v) is 2.80. The van der Waals surface area contributed by atoms with Crippen molar-refractivity contribution in [2.45, 2.75) is 6.61 Å². The van der Waals surface area contributed by atoms with Crippen molar-refractivity contribution in [2.75, 3.05) is 0 Å². The van der Waals surface area contributed by atoms with Gasteiger partial charge in [0.25, 0.3) is 5.43 Å². The molecule has 0 aliphatic rings. The maximum Gasteiger partial charge on any atom is 0.268 e. The first-order valence-electron chi connectivity index (χ1n) is 2.80. The number of hydrogen-bond acceptors (Lipinski definition) is 5. The molecule has 0 bridgehead atoms. The molecule has 0 fully saturated rings. The van der Waals surface area contributed by atoms with Crippen LogP contribution in [0, 0.1) is 0 Å². The first kappa shape index (κ1) is 7.62. The molecule has 0 aromatic carbocycles. The van der Waals surface area contributed by atoms with Gasteiger partial charge in [-0.1, -0.05) is 0 Å². The molecule has 0 aliphatic carbocycles. The van der Waals surface area contributed by atoms with Crippen molar-refractivity contribution in [1.29, 1.82) is 0 Å². The summed E-state index contributed by atoms with van der Waals surface area (Å²) in [5, 5.41) is 26.0. The van der Waals surface area contributed by atoms with E-state index in [4.69, 9.17) is 15.3 Å². The van der Waals surface area contributed by atoms with E-state index < -0.39 is 23.5 Å². The Bertz CT molecular complexity index is 313. The Morgan fingerprint density at radius 3 is 2.64 bits per heavy atom. The molecule has 1 heterocycles. The molecular formula is C6H6O5. The van der Waals surface area contributed by atoms with Gasteiger partial charge in [0.1, 0.15) is 12.9 Å². The van der Waals surface area contributed by atoms with E-state index in [1.54, 1.807) is 0 Å². The van der Waals surface area contributed by atoms with Crippen molar-refractivity contribution in [2.24, 2.45) is 0 Å². The lowest BCUT2D eigenvalue weighted by molar-refractivity contribution is 0.230. The normalized spacial score (nSPS) is 9.91. The molecule has 0 spiro atoms. The van der Waals surface area contributed by atoms with Crippen LogP contribution in [0.25, 0.3) is 0 Å². The summed E-state index contributed by atoms with van der Waals surface area (Å²) in [6.45, 7) is -0.582. The minimum absolute atomic E-state index is 0.257. The minimum Gasteiger partial charge on any atom is -0.502 e. The summed E-state index contributed by atoms with van der Waals surface area (Å²) in [6.07, 6.45) is 0.758. The molecule has 1 rings (SSSR count). The highest BCUT2D eigenvalue weighted by Crippen LogP contribution is 2.14. The smallest absolute Gasteiger partial charge is 0.268 e. The van der Waals surface area contributed by atoms with E-state index in [1.165, 1.54) is 0 Å². The van der Waals surface area contributed by atoms with Gasteiger partial charge >= 0.3 is 0 Å². The summed E-state index contributed by atoms with van der Waals surface area (Å²) >= 11 is 0. The van der Waals surface area contributed by atoms with Crippen molar-refractivity contribution in [1.82, 2.24) is 0 Å². The molecule has 11 heavy (non-hydrogen) atoms. The average Bonchev–Trinajstić information content (AvgIpc) is 2.01. The molecule has 5 heteroatoms. The summed E-state index contributed by atoms with van der Waals surface area (Å²) in [6, 6.07) is 0. The van der Waals surface area contributed by atoms with Crippen LogP contribution in [0.3, 0.4) is 0 Å². The molecule has 60 valence electrons. The van der Waals surface area contributed by atoms with Crippen LogP contribution in [0.2, 0.25) is 0 Å². The van der Waals surface area contributed by atoms with Crippen molar-refractivity contribution in [3.8, 4) is 11.5 Å². The third kappa shape index (κ3) is 1.18. The summed E-state index contributed by atoms with van der Waals surface area (Å²) in [5.74, 6) is -1.69. The number of rotatable bonds is 1. The average molecular weight is 158 g/mol. The van der Waals surface area contributed by atoms with Crippen LogP contribution >= 0.6 is 0 Å². The van der Waals surface area contributed by atoms with E-state index in [2.05, 4.69) is 4.42 Å². The van der Waals surface area contributed by atoms with Crippen LogP contribution in [-0.2, 0) is 6.61 Å². The lowest BCUT2D eigenvalue weighted by atomic mass is 10.3. The van der Waals surface area contributed by atoms with E-state index in [0.29, 0.717) is 0 Å². The molecule has 1 aromatic heterocycles. The zero-order chi connectivity index (χ0) is 8.43. The summed E-state index contributed by atoms with van der Waals surface area (Å²) < 4.78 is 4.47. The Labute approximate surface area is 61.1 Å². The fraction of sp³-hybridized carbons (Fsp3) is 0.167. The van der Waals surface area contributed by atoms with Gasteiger partial charge in [0, 0.05) is 0 Å². The standard InChI is InChI=1S/C6H6O5/c7-1-4-6(10)5(9)3(8)2-11-4/h2,7-8,10H,1H2. The van der Waals surface area contributed by atoms with Gasteiger partial charge in [-0.25, -0.2) is 0 Å². The minimum atomic E-state index is -0.944. The zero-order valence-electron chi connectivity index (χ0n) is 5.44. The quantitative estimate of drug-likeness (QED) is 0.514. The zero-order valence-corrected chi connectivity index (χ0v) is 5.44. The Kier molecular flexibility index (Phi) is 1.82. The van der Waals surface area contributed by atoms with Gasteiger partial charge in [-0.2, -0.15) is 0 Å². The number of hydrogen-bond donors (Lipinski definition) is 3. The molecule has 0 radical (unpaired) electrons. The van der Waals surface area contributed by atoms with Crippen LogP contribution in [0.1, 0.15) is 5.76 Å². The summed E-state index contributed by atoms with van der Waals surface area (Å²) in [7, 11) is 0. The molecule has 5 nitrogen and oxygen atoms in total. The lowest BCUT2D eigenvalue weighted by Crippen LogP contribution is -2.02. The third-order valence-electron chi connectivity index (χ3n) is 1.17. The Balaban J connectivity index is 3.37. The predicted molar refractivity (Wildman–Crippen MR) is 34.2 cm³/mol. The monoisotopic (exact) mass is 158 g/mol. The van der Waals surface area contributed by atoms with Gasteiger partial charge in [-0.15, -0.1) is 0 Å². The van der Waals surface area contributed by atoms with E-state index in [9.17, 15) is 4.79 Å². The van der Waals surface area contributed by atoms with Crippen molar-refractivity contribution in [3.63, 3.8) is 0 Å². The van der Waals surface area contributed by atoms with Crippen LogP contribution in [0.4, 0.5) is 0 Å². The largest absolute Gasteiger partial charge is 0.502 e. The second-order valence-corrected chi connectivity index (χ2v) is 1.88. The second-order valence-electron chi connectivity index (χ2n) is 1.88. The van der Waals surface area contributed by atoms with E-state index in [0.717, 1.165) is 6.26 Å². The van der Waals surface area contributed by atoms with Gasteiger partial charge in [0.15, 0.2) is 5.76 Å². The Morgan fingerprint density at radius 1 is 1.45 bits per heavy atom. The number of aromatic hydroxyl groups is 2. The van der Waals surface area contributed by atoms with Gasteiger partial charge in [0.05, 0.1) is 0 Å². The molecule has 0 saturated carbocycles. The molecule has 3 N–H and O–H groups in total. The highest BCUT2D eigenvalue weighted by atomic mass is 16.4. The predicted octanol–water partition coefficient (Wildman–Crippen LogP) is -0.457. The molecule has 0 unspecified atom stereocenters. The van der Waals surface area contributed by atoms with Crippen LogP contribution in [-0.4, -0.2) is 15.3 Å².